The summed E-state index contributed by atoms with van der Waals surface area (Å²) in [7, 11) is 1.72. The number of hydrogen-bond donors (Lipinski definition) is 1. The van der Waals surface area contributed by atoms with Gasteiger partial charge in [-0.1, -0.05) is 12.1 Å². The number of piperidine rings is 3. The van der Waals surface area contributed by atoms with Crippen molar-refractivity contribution in [3.8, 4) is 5.75 Å². The van der Waals surface area contributed by atoms with Gasteiger partial charge in [-0.2, -0.15) is 0 Å². The Hall–Kier alpha value is -1.06. The van der Waals surface area contributed by atoms with E-state index in [0.29, 0.717) is 6.04 Å². The monoisotopic (exact) mass is 246 g/mol. The number of nitrogens with one attached hydrogen (secondary N) is 1. The van der Waals surface area contributed by atoms with Gasteiger partial charge in [0.25, 0.3) is 0 Å². The third kappa shape index (κ3) is 2.52. The fourth-order valence-corrected chi connectivity index (χ4v) is 3.23. The maximum atomic E-state index is 5.26. The van der Waals surface area contributed by atoms with Crippen LogP contribution in [0, 0.1) is 5.92 Å². The summed E-state index contributed by atoms with van der Waals surface area (Å²) in [6, 6.07) is 9.02. The van der Waals surface area contributed by atoms with Crippen LogP contribution in [0.25, 0.3) is 0 Å². The summed E-state index contributed by atoms with van der Waals surface area (Å²) in [4.78, 5) is 2.59. The van der Waals surface area contributed by atoms with Gasteiger partial charge in [0.05, 0.1) is 7.11 Å². The minimum atomic E-state index is 0.679. The van der Waals surface area contributed by atoms with Gasteiger partial charge in [-0.25, -0.2) is 0 Å². The van der Waals surface area contributed by atoms with E-state index in [4.69, 9.17) is 4.74 Å². The zero-order valence-electron chi connectivity index (χ0n) is 11.1. The van der Waals surface area contributed by atoms with Gasteiger partial charge in [0.15, 0.2) is 0 Å². The van der Waals surface area contributed by atoms with E-state index in [-0.39, 0.29) is 0 Å². The van der Waals surface area contributed by atoms with Gasteiger partial charge in [0.1, 0.15) is 5.75 Å². The van der Waals surface area contributed by atoms with E-state index < -0.39 is 0 Å². The van der Waals surface area contributed by atoms with E-state index >= 15 is 0 Å². The minimum Gasteiger partial charge on any atom is -0.497 e. The van der Waals surface area contributed by atoms with Crippen molar-refractivity contribution in [1.29, 1.82) is 0 Å². The lowest BCUT2D eigenvalue weighted by molar-refractivity contribution is 0.0720. The van der Waals surface area contributed by atoms with Crippen molar-refractivity contribution in [1.82, 2.24) is 10.2 Å². The molecule has 1 aromatic rings. The summed E-state index contributed by atoms with van der Waals surface area (Å²) in [5, 5.41) is 3.72. The predicted molar refractivity (Wildman–Crippen MR) is 72.8 cm³/mol. The molecule has 2 bridgehead atoms. The van der Waals surface area contributed by atoms with Gasteiger partial charge in [-0.3, -0.25) is 0 Å². The van der Waals surface area contributed by atoms with Crippen LogP contribution in [0.15, 0.2) is 24.3 Å². The summed E-state index contributed by atoms with van der Waals surface area (Å²) >= 11 is 0. The van der Waals surface area contributed by atoms with Crippen LogP contribution in [0.4, 0.5) is 0 Å². The van der Waals surface area contributed by atoms with E-state index in [2.05, 4.69) is 28.4 Å². The van der Waals surface area contributed by atoms with E-state index in [1.807, 2.05) is 6.07 Å². The molecule has 18 heavy (non-hydrogen) atoms. The average Bonchev–Trinajstić information content (AvgIpc) is 2.46. The lowest BCUT2D eigenvalue weighted by Crippen LogP contribution is -2.55. The highest BCUT2D eigenvalue weighted by atomic mass is 16.5. The molecule has 0 aliphatic carbocycles. The summed E-state index contributed by atoms with van der Waals surface area (Å²) in [6.07, 6.45) is 2.74. The van der Waals surface area contributed by atoms with Crippen LogP contribution in [-0.4, -0.2) is 37.7 Å². The molecule has 0 saturated carbocycles. The van der Waals surface area contributed by atoms with Crippen molar-refractivity contribution in [3.63, 3.8) is 0 Å². The molecule has 4 rings (SSSR count). The lowest BCUT2D eigenvalue weighted by atomic mass is 9.84. The molecule has 0 aromatic heterocycles. The highest BCUT2D eigenvalue weighted by Crippen LogP contribution is 2.27. The van der Waals surface area contributed by atoms with Crippen molar-refractivity contribution in [3.05, 3.63) is 29.8 Å². The first kappa shape index (κ1) is 12.0. The first-order valence-electron chi connectivity index (χ1n) is 6.94. The van der Waals surface area contributed by atoms with Gasteiger partial charge in [-0.05, 0) is 49.5 Å². The van der Waals surface area contributed by atoms with Crippen LogP contribution in [-0.2, 0) is 6.54 Å². The van der Waals surface area contributed by atoms with Gasteiger partial charge in [0.2, 0.25) is 0 Å². The van der Waals surface area contributed by atoms with Crippen molar-refractivity contribution in [2.45, 2.75) is 25.4 Å². The normalized spacial score (nSPS) is 30.4. The van der Waals surface area contributed by atoms with Crippen LogP contribution in [0.1, 0.15) is 18.4 Å². The molecule has 3 fully saturated rings. The number of fused-ring (bicyclic) bond motifs is 3. The van der Waals surface area contributed by atoms with Gasteiger partial charge >= 0.3 is 0 Å². The molecule has 0 unspecified atom stereocenters. The Balaban J connectivity index is 1.57. The number of rotatable bonds is 4. The Morgan fingerprint density at radius 3 is 2.83 bits per heavy atom. The quantitative estimate of drug-likeness (QED) is 0.878. The third-order valence-corrected chi connectivity index (χ3v) is 4.36. The molecule has 3 nitrogen and oxygen atoms in total. The molecule has 3 saturated heterocycles. The smallest absolute Gasteiger partial charge is 0.119 e. The second-order valence-corrected chi connectivity index (χ2v) is 5.48. The zero-order valence-corrected chi connectivity index (χ0v) is 11.1. The summed E-state index contributed by atoms with van der Waals surface area (Å²) in [5.74, 6) is 1.84. The zero-order chi connectivity index (χ0) is 12.4. The number of benzene rings is 1. The Labute approximate surface area is 109 Å². The third-order valence-electron chi connectivity index (χ3n) is 4.36. The van der Waals surface area contributed by atoms with Gasteiger partial charge in [0, 0.05) is 19.1 Å². The van der Waals surface area contributed by atoms with Crippen molar-refractivity contribution in [2.24, 2.45) is 5.92 Å². The first-order chi connectivity index (χ1) is 8.85. The summed E-state index contributed by atoms with van der Waals surface area (Å²) in [5.41, 5.74) is 1.31. The van der Waals surface area contributed by atoms with Crippen LogP contribution in [0.5, 0.6) is 5.75 Å². The molecule has 1 N–H and O–H groups in total. The number of hydrogen-bond acceptors (Lipinski definition) is 3. The van der Waals surface area contributed by atoms with E-state index in [1.54, 1.807) is 7.11 Å². The fourth-order valence-electron chi connectivity index (χ4n) is 3.23. The molecule has 0 spiro atoms. The maximum Gasteiger partial charge on any atom is 0.119 e. The van der Waals surface area contributed by atoms with Crippen molar-refractivity contribution >= 4 is 0 Å². The van der Waals surface area contributed by atoms with Crippen molar-refractivity contribution in [2.75, 3.05) is 26.7 Å². The second-order valence-electron chi connectivity index (χ2n) is 5.48. The van der Waals surface area contributed by atoms with Crippen LogP contribution < -0.4 is 10.1 Å². The van der Waals surface area contributed by atoms with Crippen LogP contribution in [0.3, 0.4) is 0 Å². The molecule has 0 amide bonds. The van der Waals surface area contributed by atoms with E-state index in [9.17, 15) is 0 Å². The Kier molecular flexibility index (Phi) is 3.52. The number of nitrogens with zero attached hydrogens (tertiary/aromatic N) is 1. The maximum absolute atomic E-state index is 5.26. The molecule has 0 radical (unpaired) electrons. The Morgan fingerprint density at radius 1 is 1.33 bits per heavy atom. The molecular formula is C15H22N2O. The second kappa shape index (κ2) is 5.29. The molecular weight excluding hydrogens is 224 g/mol. The lowest BCUT2D eigenvalue weighted by Gasteiger charge is -2.45. The van der Waals surface area contributed by atoms with E-state index in [1.165, 1.54) is 38.0 Å². The number of ether oxygens (including phenoxy) is 1. The van der Waals surface area contributed by atoms with Crippen molar-refractivity contribution < 1.29 is 4.74 Å². The highest BCUT2D eigenvalue weighted by molar-refractivity contribution is 5.28. The highest BCUT2D eigenvalue weighted by Gasteiger charge is 2.33. The minimum absolute atomic E-state index is 0.679. The Morgan fingerprint density at radius 2 is 2.17 bits per heavy atom. The molecule has 3 aliphatic heterocycles. The Bertz CT molecular complexity index is 399. The van der Waals surface area contributed by atoms with E-state index in [0.717, 1.165) is 18.2 Å². The summed E-state index contributed by atoms with van der Waals surface area (Å²) in [6.45, 7) is 4.80. The largest absolute Gasteiger partial charge is 0.497 e. The van der Waals surface area contributed by atoms with Gasteiger partial charge in [-0.15, -0.1) is 0 Å². The standard InChI is InChI=1S/C15H22N2O/c1-18-14-4-2-3-12(9-14)10-16-15-11-17-7-5-13(15)6-8-17/h2-4,9,13,15-16H,5-8,10-11H2,1H3/t15-/m0/s1. The SMILES string of the molecule is COc1cccc(CN[C@H]2CN3CCC2CC3)c1. The van der Waals surface area contributed by atoms with Crippen LogP contribution >= 0.6 is 0 Å². The summed E-state index contributed by atoms with van der Waals surface area (Å²) < 4.78 is 5.26. The van der Waals surface area contributed by atoms with Crippen LogP contribution in [0.2, 0.25) is 0 Å². The molecule has 98 valence electrons. The predicted octanol–water partition coefficient (Wildman–Crippen LogP) is 1.88. The average molecular weight is 246 g/mol. The first-order valence-corrected chi connectivity index (χ1v) is 6.94. The number of methoxy groups -OCH3 is 1. The molecule has 3 heterocycles. The molecule has 3 aliphatic rings. The van der Waals surface area contributed by atoms with Gasteiger partial charge < -0.3 is 15.0 Å². The molecule has 3 heteroatoms. The topological polar surface area (TPSA) is 24.5 Å². The molecule has 1 atom stereocenters. The molecule has 1 aromatic carbocycles. The fraction of sp³-hybridized carbons (Fsp3) is 0.600.